The molecule has 2 aliphatic rings. The molecule has 0 bridgehead atoms. The van der Waals surface area contributed by atoms with E-state index in [1.54, 1.807) is 20.8 Å². The van der Waals surface area contributed by atoms with E-state index in [4.69, 9.17) is 29.0 Å². The van der Waals surface area contributed by atoms with Gasteiger partial charge < -0.3 is 25.3 Å². The highest BCUT2D eigenvalue weighted by Gasteiger charge is 2.65. The number of fused-ring (bicyclic) bond motifs is 1. The van der Waals surface area contributed by atoms with Crippen molar-refractivity contribution in [3.63, 3.8) is 0 Å². The molecular formula is C21H32F2N5O9P. The van der Waals surface area contributed by atoms with Gasteiger partial charge >= 0.3 is 31.4 Å². The van der Waals surface area contributed by atoms with Crippen LogP contribution in [0.2, 0.25) is 0 Å². The molecule has 5 atom stereocenters. The summed E-state index contributed by atoms with van der Waals surface area (Å²) in [5, 5.41) is 4.94. The number of alkyl halides is 2. The molecule has 0 aromatic carbocycles. The zero-order valence-corrected chi connectivity index (χ0v) is 22.2. The van der Waals surface area contributed by atoms with Gasteiger partial charge in [-0.2, -0.15) is 13.8 Å². The number of halogens is 2. The number of ether oxygens (including phenoxy) is 3. The van der Waals surface area contributed by atoms with Gasteiger partial charge in [-0.1, -0.05) is 0 Å². The second kappa shape index (κ2) is 11.6. The van der Waals surface area contributed by atoms with Crippen LogP contribution in [0, 0.1) is 0 Å². The number of nitrogens with zero attached hydrogens (tertiary/aromatic N) is 2. The lowest BCUT2D eigenvalue weighted by molar-refractivity contribution is -0.143. The Morgan fingerprint density at radius 3 is 2.71 bits per heavy atom. The number of nitrogens with two attached hydrogens (primary N) is 1. The number of unbranched alkanes of at least 4 members (excludes halogenated alkanes) is 1. The van der Waals surface area contributed by atoms with Crippen LogP contribution in [0.25, 0.3) is 0 Å². The van der Waals surface area contributed by atoms with Gasteiger partial charge in [0.15, 0.2) is 6.10 Å². The minimum atomic E-state index is -4.15. The van der Waals surface area contributed by atoms with Crippen LogP contribution in [0.4, 0.5) is 19.4 Å². The molecule has 2 fully saturated rings. The maximum absolute atomic E-state index is 15.1. The van der Waals surface area contributed by atoms with Crippen molar-refractivity contribution in [2.24, 2.45) is 0 Å². The summed E-state index contributed by atoms with van der Waals surface area (Å²) in [6, 6.07) is 0.187. The number of alkyl carbamates (subject to hydrolysis) is 1. The minimum absolute atomic E-state index is 0.0200. The molecule has 1 amide bonds. The largest absolute Gasteiger partial charge is 0.467 e. The smallest absolute Gasteiger partial charge is 0.408 e. The molecule has 0 radical (unpaired) electrons. The van der Waals surface area contributed by atoms with E-state index >= 15 is 8.78 Å². The van der Waals surface area contributed by atoms with Crippen molar-refractivity contribution in [3.8, 4) is 0 Å². The van der Waals surface area contributed by atoms with Gasteiger partial charge in [-0.25, -0.2) is 24.0 Å². The van der Waals surface area contributed by atoms with Crippen molar-refractivity contribution < 1.29 is 46.2 Å². The Morgan fingerprint density at radius 2 is 2.08 bits per heavy atom. The third kappa shape index (κ3) is 7.26. The molecule has 1 aromatic rings. The Balaban J connectivity index is 1.52. The molecule has 2 saturated heterocycles. The molecule has 4 N–H and O–H groups in total. The monoisotopic (exact) mass is 567 g/mol. The van der Waals surface area contributed by atoms with E-state index in [1.807, 2.05) is 0 Å². The first-order valence-electron chi connectivity index (χ1n) is 11.8. The quantitative estimate of drug-likeness (QED) is 0.223. The first-order chi connectivity index (χ1) is 17.6. The number of esters is 1. The second-order valence-electron chi connectivity index (χ2n) is 9.69. The summed E-state index contributed by atoms with van der Waals surface area (Å²) in [5.41, 5.74) is 3.61. The van der Waals surface area contributed by atoms with Gasteiger partial charge in [0.25, 0.3) is 0 Å². The summed E-state index contributed by atoms with van der Waals surface area (Å²) < 4.78 is 69.3. The SMILES string of the molecule is COC(=O)[C@H](CCCCNP1(=O)OC[C@H]2O[C@@H](n3ccc(N)nc3=O)C(F)(F)[C@@H]2O1)NC(=O)OC(C)(C)C. The van der Waals surface area contributed by atoms with E-state index in [0.717, 1.165) is 6.20 Å². The molecule has 1 unspecified atom stereocenters. The van der Waals surface area contributed by atoms with Gasteiger partial charge in [-0.05, 0) is 46.1 Å². The van der Waals surface area contributed by atoms with E-state index in [1.165, 1.54) is 13.2 Å². The van der Waals surface area contributed by atoms with Crippen molar-refractivity contribution >= 4 is 25.6 Å². The molecule has 3 heterocycles. The van der Waals surface area contributed by atoms with Crippen LogP contribution in [0.3, 0.4) is 0 Å². The lowest BCUT2D eigenvalue weighted by Gasteiger charge is -2.32. The van der Waals surface area contributed by atoms with E-state index in [0.29, 0.717) is 17.4 Å². The van der Waals surface area contributed by atoms with Crippen LogP contribution in [-0.4, -0.2) is 71.6 Å². The molecule has 38 heavy (non-hydrogen) atoms. The Bertz CT molecular complexity index is 1130. The number of methoxy groups -OCH3 is 1. The molecule has 3 rings (SSSR count). The number of carbonyl (C=O) groups excluding carboxylic acids is 2. The van der Waals surface area contributed by atoms with E-state index in [-0.39, 0.29) is 18.8 Å². The van der Waals surface area contributed by atoms with E-state index in [9.17, 15) is 18.9 Å². The van der Waals surface area contributed by atoms with Crippen LogP contribution in [-0.2, 0) is 32.6 Å². The summed E-state index contributed by atoms with van der Waals surface area (Å²) in [6.45, 7) is 4.57. The van der Waals surface area contributed by atoms with Crippen LogP contribution in [0.1, 0.15) is 46.3 Å². The number of hydrogen-bond acceptors (Lipinski definition) is 11. The Kier molecular flexibility index (Phi) is 9.14. The molecule has 0 aliphatic carbocycles. The van der Waals surface area contributed by atoms with Crippen LogP contribution in [0.15, 0.2) is 17.1 Å². The molecule has 0 saturated carbocycles. The number of nitrogen functional groups attached to an aromatic ring is 1. The highest BCUT2D eigenvalue weighted by atomic mass is 31.2. The van der Waals surface area contributed by atoms with Gasteiger partial charge in [-0.3, -0.25) is 13.6 Å². The van der Waals surface area contributed by atoms with Crippen molar-refractivity contribution in [1.82, 2.24) is 20.0 Å². The van der Waals surface area contributed by atoms with Gasteiger partial charge in [0.2, 0.25) is 6.23 Å². The normalized spacial score (nSPS) is 27.3. The maximum atomic E-state index is 15.1. The highest BCUT2D eigenvalue weighted by molar-refractivity contribution is 7.51. The molecule has 214 valence electrons. The predicted octanol–water partition coefficient (Wildman–Crippen LogP) is 1.71. The molecule has 0 spiro atoms. The number of amides is 1. The number of anilines is 1. The lowest BCUT2D eigenvalue weighted by Crippen LogP contribution is -2.46. The van der Waals surface area contributed by atoms with Crippen LogP contribution >= 0.6 is 7.75 Å². The summed E-state index contributed by atoms with van der Waals surface area (Å²) in [5.74, 6) is -4.55. The number of aromatic nitrogens is 2. The van der Waals surface area contributed by atoms with E-state index in [2.05, 4.69) is 15.4 Å². The maximum Gasteiger partial charge on any atom is 0.408 e. The summed E-state index contributed by atoms with van der Waals surface area (Å²) >= 11 is 0. The number of hydrogen-bond donors (Lipinski definition) is 3. The first-order valence-corrected chi connectivity index (χ1v) is 13.3. The van der Waals surface area contributed by atoms with Crippen LogP contribution < -0.4 is 21.8 Å². The first kappa shape index (κ1) is 29.9. The predicted molar refractivity (Wildman–Crippen MR) is 127 cm³/mol. The lowest BCUT2D eigenvalue weighted by atomic mass is 10.1. The zero-order chi connectivity index (χ0) is 28.3. The Morgan fingerprint density at radius 1 is 1.37 bits per heavy atom. The van der Waals surface area contributed by atoms with E-state index < -0.39 is 68.1 Å². The number of nitrogens with one attached hydrogen (secondary N) is 2. The average molecular weight is 567 g/mol. The summed E-state index contributed by atoms with van der Waals surface area (Å²) in [4.78, 5) is 39.5. The van der Waals surface area contributed by atoms with Gasteiger partial charge in [-0.15, -0.1) is 0 Å². The standard InChI is InChI=1S/C21H32F2N5O9P/c1-20(2,3)36-19(31)26-12(16(29)33-4)7-5-6-9-25-38(32)34-11-13-15(37-38)21(22,23)17(35-13)28-10-8-14(24)27-18(28)30/h8,10,12-13,15,17H,5-7,9,11H2,1-4H3,(H,25,32)(H,26,31)(H2,24,27,30)/t12-,13+,15+,17+,38?/m0/s1. The zero-order valence-electron chi connectivity index (χ0n) is 21.3. The van der Waals surface area contributed by atoms with Crippen LogP contribution in [0.5, 0.6) is 0 Å². The fourth-order valence-corrected chi connectivity index (χ4v) is 5.38. The van der Waals surface area contributed by atoms with Gasteiger partial charge in [0.05, 0.1) is 13.7 Å². The Labute approximate surface area is 217 Å². The number of carbonyl (C=O) groups is 2. The average Bonchev–Trinajstić information content (AvgIpc) is 3.06. The van der Waals surface area contributed by atoms with Crippen molar-refractivity contribution in [1.29, 1.82) is 0 Å². The van der Waals surface area contributed by atoms with Gasteiger partial charge in [0.1, 0.15) is 23.6 Å². The molecule has 1 aromatic heterocycles. The minimum Gasteiger partial charge on any atom is -0.467 e. The highest BCUT2D eigenvalue weighted by Crippen LogP contribution is 2.56. The van der Waals surface area contributed by atoms with Crippen molar-refractivity contribution in [2.75, 3.05) is 26.0 Å². The summed E-state index contributed by atoms with van der Waals surface area (Å²) in [7, 11) is -2.97. The summed E-state index contributed by atoms with van der Waals surface area (Å²) in [6.07, 6.45) is -4.22. The molecule has 2 aliphatic heterocycles. The van der Waals surface area contributed by atoms with Crippen molar-refractivity contribution in [3.05, 3.63) is 22.7 Å². The van der Waals surface area contributed by atoms with Gasteiger partial charge in [0, 0.05) is 12.7 Å². The third-order valence-electron chi connectivity index (χ3n) is 5.52. The molecule has 14 nitrogen and oxygen atoms in total. The topological polar surface area (TPSA) is 182 Å². The Hall–Kier alpha value is -2.65. The molecular weight excluding hydrogens is 535 g/mol. The second-order valence-corrected chi connectivity index (χ2v) is 11.5. The third-order valence-corrected chi connectivity index (χ3v) is 7.12. The van der Waals surface area contributed by atoms with Crippen molar-refractivity contribution in [2.45, 2.75) is 76.0 Å². The molecule has 17 heteroatoms. The fourth-order valence-electron chi connectivity index (χ4n) is 3.80. The fraction of sp³-hybridized carbons (Fsp3) is 0.714. The number of rotatable bonds is 9.